The molecule has 0 aliphatic carbocycles. The molecule has 0 unspecified atom stereocenters. The number of piperidine rings is 1. The zero-order chi connectivity index (χ0) is 15.9. The quantitative estimate of drug-likeness (QED) is 0.680. The number of aromatic nitrogens is 2. The smallest absolute Gasteiger partial charge is 0.317 e. The van der Waals surface area contributed by atoms with Crippen molar-refractivity contribution >= 4 is 44.0 Å². The number of nitrogens with two attached hydrogens (primary N) is 1. The molecule has 1 aliphatic rings. The molecule has 23 heavy (non-hydrogen) atoms. The molecule has 3 heterocycles. The molecule has 2 aromatic heterocycles. The van der Waals surface area contributed by atoms with Crippen molar-refractivity contribution in [2.45, 2.75) is 23.6 Å². The topological polar surface area (TPSA) is 127 Å². The number of hydrogen-bond acceptors (Lipinski definition) is 6. The fourth-order valence-corrected chi connectivity index (χ4v) is 4.56. The number of thiophene rings is 1. The summed E-state index contributed by atoms with van der Waals surface area (Å²) in [6, 6.07) is 1.23. The number of halogens is 1. The van der Waals surface area contributed by atoms with Gasteiger partial charge in [0, 0.05) is 6.54 Å². The van der Waals surface area contributed by atoms with Crippen LogP contribution in [-0.2, 0) is 16.6 Å². The van der Waals surface area contributed by atoms with Crippen molar-refractivity contribution < 1.29 is 8.42 Å². The van der Waals surface area contributed by atoms with E-state index in [0.29, 0.717) is 17.3 Å². The lowest BCUT2D eigenvalue weighted by atomic mass is 9.98. The summed E-state index contributed by atoms with van der Waals surface area (Å²) in [7, 11) is -3.90. The minimum atomic E-state index is -3.90. The summed E-state index contributed by atoms with van der Waals surface area (Å²) in [6.07, 6.45) is 1.86. The second-order valence-corrected chi connectivity index (χ2v) is 8.21. The Morgan fingerprint density at radius 3 is 2.57 bits per heavy atom. The van der Waals surface area contributed by atoms with Crippen LogP contribution in [0, 0.1) is 5.92 Å². The Kier molecular flexibility index (Phi) is 5.31. The second-order valence-electron chi connectivity index (χ2n) is 5.39. The van der Waals surface area contributed by atoms with Gasteiger partial charge in [0.1, 0.15) is 9.04 Å². The summed E-state index contributed by atoms with van der Waals surface area (Å²) in [5.41, 5.74) is -1.11. The minimum Gasteiger partial charge on any atom is -0.317 e. The average molecular weight is 381 g/mol. The zero-order valence-corrected chi connectivity index (χ0v) is 14.5. The summed E-state index contributed by atoms with van der Waals surface area (Å²) in [6.45, 7) is 2.23. The number of nitrogens with one attached hydrogen (secondary N) is 2. The molecule has 0 atom stereocenters. The molecule has 8 nitrogen and oxygen atoms in total. The van der Waals surface area contributed by atoms with E-state index in [0.717, 1.165) is 37.3 Å². The van der Waals surface area contributed by atoms with E-state index in [-0.39, 0.29) is 22.0 Å². The third-order valence-corrected chi connectivity index (χ3v) is 6.40. The number of sulfonamides is 1. The van der Waals surface area contributed by atoms with Crippen LogP contribution in [0.4, 0.5) is 0 Å². The van der Waals surface area contributed by atoms with Crippen LogP contribution >= 0.6 is 23.7 Å². The molecular weight excluding hydrogens is 364 g/mol. The molecule has 1 saturated heterocycles. The molecule has 0 radical (unpaired) electrons. The lowest BCUT2D eigenvalue weighted by Crippen LogP contribution is -2.35. The first-order valence-corrected chi connectivity index (χ1v) is 9.23. The van der Waals surface area contributed by atoms with Crippen LogP contribution in [0.5, 0.6) is 0 Å². The maximum absolute atomic E-state index is 12.1. The average Bonchev–Trinajstić information content (AvgIpc) is 2.90. The highest BCUT2D eigenvalue weighted by atomic mass is 35.5. The van der Waals surface area contributed by atoms with Gasteiger partial charge in [-0.15, -0.1) is 23.7 Å². The highest BCUT2D eigenvalue weighted by molar-refractivity contribution is 7.91. The molecule has 11 heteroatoms. The predicted octanol–water partition coefficient (Wildman–Crippen LogP) is -0.180. The number of fused-ring (bicyclic) bond motifs is 1. The van der Waals surface area contributed by atoms with Gasteiger partial charge in [-0.05, 0) is 37.9 Å². The van der Waals surface area contributed by atoms with Crippen molar-refractivity contribution in [2.75, 3.05) is 13.1 Å². The van der Waals surface area contributed by atoms with E-state index in [9.17, 15) is 18.0 Å². The summed E-state index contributed by atoms with van der Waals surface area (Å²) in [4.78, 5) is 26.6. The van der Waals surface area contributed by atoms with Crippen LogP contribution in [0.3, 0.4) is 0 Å². The molecule has 0 amide bonds. The van der Waals surface area contributed by atoms with E-state index in [2.05, 4.69) is 10.3 Å². The first-order valence-electron chi connectivity index (χ1n) is 6.86. The SMILES string of the molecule is Cl.NS(=O)(=O)c1cc2c(=O)[nH]c(=O)n(CC3CCNCC3)c2s1. The molecule has 128 valence electrons. The molecule has 0 aromatic carbocycles. The molecule has 0 saturated carbocycles. The fraction of sp³-hybridized carbons (Fsp3) is 0.500. The Morgan fingerprint density at radius 1 is 1.30 bits per heavy atom. The number of hydrogen-bond donors (Lipinski definition) is 3. The van der Waals surface area contributed by atoms with Crippen molar-refractivity contribution in [3.8, 4) is 0 Å². The standard InChI is InChI=1S/C12H16N4O4S2.ClH/c13-22(19,20)9-5-8-10(17)15-12(18)16(11(8)21-9)6-7-1-3-14-4-2-7;/h5,7,14H,1-4,6H2,(H2,13,19,20)(H,15,17,18);1H. The van der Waals surface area contributed by atoms with Gasteiger partial charge in [0.2, 0.25) is 10.0 Å². The van der Waals surface area contributed by atoms with E-state index in [1.807, 2.05) is 0 Å². The lowest BCUT2D eigenvalue weighted by Gasteiger charge is -2.23. The maximum atomic E-state index is 12.1. The maximum Gasteiger partial charge on any atom is 0.329 e. The Balaban J connectivity index is 0.00000192. The van der Waals surface area contributed by atoms with Crippen molar-refractivity contribution in [1.29, 1.82) is 0 Å². The first kappa shape index (κ1) is 18.1. The van der Waals surface area contributed by atoms with Gasteiger partial charge in [-0.1, -0.05) is 0 Å². The highest BCUT2D eigenvalue weighted by Crippen LogP contribution is 2.26. The highest BCUT2D eigenvalue weighted by Gasteiger charge is 2.20. The minimum absolute atomic E-state index is 0. The van der Waals surface area contributed by atoms with Gasteiger partial charge in [-0.3, -0.25) is 14.3 Å². The molecule has 3 rings (SSSR count). The van der Waals surface area contributed by atoms with Gasteiger partial charge in [0.25, 0.3) is 5.56 Å². The molecule has 4 N–H and O–H groups in total. The third-order valence-electron chi connectivity index (χ3n) is 3.83. The molecule has 1 aliphatic heterocycles. The largest absolute Gasteiger partial charge is 0.329 e. The zero-order valence-electron chi connectivity index (χ0n) is 12.1. The molecule has 1 fully saturated rings. The number of rotatable bonds is 3. The number of primary sulfonamides is 1. The summed E-state index contributed by atoms with van der Waals surface area (Å²) >= 11 is 0.862. The second kappa shape index (κ2) is 6.73. The molecule has 0 spiro atoms. The number of aromatic amines is 1. The summed E-state index contributed by atoms with van der Waals surface area (Å²) < 4.78 is 24.3. The Labute approximate surface area is 142 Å². The molecular formula is C12H17ClN4O4S2. The van der Waals surface area contributed by atoms with Gasteiger partial charge in [0.05, 0.1) is 5.39 Å². The third kappa shape index (κ3) is 3.66. The van der Waals surface area contributed by atoms with Crippen LogP contribution < -0.4 is 21.7 Å². The van der Waals surface area contributed by atoms with Crippen molar-refractivity contribution in [2.24, 2.45) is 11.1 Å². The fourth-order valence-electron chi connectivity index (χ4n) is 2.68. The van der Waals surface area contributed by atoms with Crippen LogP contribution in [0.1, 0.15) is 12.8 Å². The molecule has 2 aromatic rings. The van der Waals surface area contributed by atoms with E-state index in [4.69, 9.17) is 5.14 Å². The van der Waals surface area contributed by atoms with Crippen LogP contribution in [-0.4, -0.2) is 31.1 Å². The predicted molar refractivity (Wildman–Crippen MR) is 90.9 cm³/mol. The van der Waals surface area contributed by atoms with Gasteiger partial charge in [-0.2, -0.15) is 0 Å². The van der Waals surface area contributed by atoms with Gasteiger partial charge >= 0.3 is 5.69 Å². The van der Waals surface area contributed by atoms with Crippen molar-refractivity contribution in [3.05, 3.63) is 26.9 Å². The Hall–Kier alpha value is -1.20. The van der Waals surface area contributed by atoms with Crippen molar-refractivity contribution in [3.63, 3.8) is 0 Å². The van der Waals surface area contributed by atoms with E-state index >= 15 is 0 Å². The summed E-state index contributed by atoms with van der Waals surface area (Å²) in [5, 5.41) is 8.55. The monoisotopic (exact) mass is 380 g/mol. The number of H-pyrrole nitrogens is 1. The van der Waals surface area contributed by atoms with E-state index in [1.54, 1.807) is 0 Å². The molecule has 0 bridgehead atoms. The van der Waals surface area contributed by atoms with Crippen molar-refractivity contribution in [1.82, 2.24) is 14.9 Å². The van der Waals surface area contributed by atoms with Gasteiger partial charge in [-0.25, -0.2) is 18.4 Å². The normalized spacial score (nSPS) is 16.4. The summed E-state index contributed by atoms with van der Waals surface area (Å²) in [5.74, 6) is 0.313. The van der Waals surface area contributed by atoms with E-state index in [1.165, 1.54) is 10.6 Å². The van der Waals surface area contributed by atoms with Gasteiger partial charge < -0.3 is 5.32 Å². The first-order chi connectivity index (χ1) is 10.4. The van der Waals surface area contributed by atoms with Crippen LogP contribution in [0.25, 0.3) is 10.2 Å². The van der Waals surface area contributed by atoms with Crippen LogP contribution in [0.2, 0.25) is 0 Å². The van der Waals surface area contributed by atoms with E-state index < -0.39 is 21.3 Å². The van der Waals surface area contributed by atoms with Crippen LogP contribution in [0.15, 0.2) is 19.9 Å². The van der Waals surface area contributed by atoms with Gasteiger partial charge in [0.15, 0.2) is 0 Å². The Bertz CT molecular complexity index is 925. The number of nitrogens with zero attached hydrogens (tertiary/aromatic N) is 1. The lowest BCUT2D eigenvalue weighted by molar-refractivity contribution is 0.332. The Morgan fingerprint density at radius 2 is 1.96 bits per heavy atom.